The first-order valence-electron chi connectivity index (χ1n) is 5.84. The van der Waals surface area contributed by atoms with Gasteiger partial charge in [-0.2, -0.15) is 5.10 Å². The van der Waals surface area contributed by atoms with E-state index in [-0.39, 0.29) is 6.03 Å². The molecule has 0 saturated heterocycles. The van der Waals surface area contributed by atoms with Gasteiger partial charge in [-0.15, -0.1) is 0 Å². The van der Waals surface area contributed by atoms with Crippen molar-refractivity contribution >= 4 is 11.7 Å². The second-order valence-corrected chi connectivity index (χ2v) is 4.17. The number of carbonyl (C=O) groups is 1. The second-order valence-electron chi connectivity index (χ2n) is 4.17. The molecular weight excluding hydrogens is 244 g/mol. The summed E-state index contributed by atoms with van der Waals surface area (Å²) in [5.74, 6) is 0.721. The monoisotopic (exact) mass is 260 g/mol. The highest BCUT2D eigenvalue weighted by Gasteiger charge is 2.03. The van der Waals surface area contributed by atoms with Gasteiger partial charge in [-0.05, 0) is 30.3 Å². The second kappa shape index (κ2) is 5.90. The molecule has 1 aromatic carbocycles. The molecule has 2 aromatic rings. The normalized spacial score (nSPS) is 10.0. The molecule has 0 saturated carbocycles. The number of benzene rings is 1. The molecule has 0 bridgehead atoms. The molecule has 1 heterocycles. The summed E-state index contributed by atoms with van der Waals surface area (Å²) in [5.41, 5.74) is 0.727. The molecule has 0 fully saturated rings. The van der Waals surface area contributed by atoms with E-state index in [1.54, 1.807) is 49.2 Å². The Hall–Kier alpha value is -2.50. The Morgan fingerprint density at radius 3 is 2.68 bits per heavy atom. The number of aromatic nitrogens is 2. The largest absolute Gasteiger partial charge is 0.471 e. The third kappa shape index (κ3) is 3.74. The minimum atomic E-state index is -0.162. The van der Waals surface area contributed by atoms with Crippen LogP contribution in [-0.4, -0.2) is 34.8 Å². The number of amides is 2. The molecule has 2 amide bonds. The highest BCUT2D eigenvalue weighted by Crippen LogP contribution is 2.16. The van der Waals surface area contributed by atoms with Crippen LogP contribution in [-0.2, 0) is 6.73 Å². The smallest absolute Gasteiger partial charge is 0.321 e. The summed E-state index contributed by atoms with van der Waals surface area (Å²) in [7, 11) is 3.38. The Bertz CT molecular complexity index is 520. The number of urea groups is 1. The Morgan fingerprint density at radius 2 is 2.11 bits per heavy atom. The van der Waals surface area contributed by atoms with Crippen LogP contribution >= 0.6 is 0 Å². The first-order valence-corrected chi connectivity index (χ1v) is 5.84. The minimum Gasteiger partial charge on any atom is -0.471 e. The summed E-state index contributed by atoms with van der Waals surface area (Å²) < 4.78 is 7.22. The lowest BCUT2D eigenvalue weighted by atomic mass is 10.3. The maximum absolute atomic E-state index is 11.5. The van der Waals surface area contributed by atoms with E-state index >= 15 is 0 Å². The van der Waals surface area contributed by atoms with Crippen LogP contribution in [0.3, 0.4) is 0 Å². The van der Waals surface area contributed by atoms with Crippen LogP contribution in [0, 0.1) is 0 Å². The summed E-state index contributed by atoms with van der Waals surface area (Å²) in [5, 5.41) is 6.79. The average molecular weight is 260 g/mol. The predicted molar refractivity (Wildman–Crippen MR) is 72.0 cm³/mol. The van der Waals surface area contributed by atoms with Crippen LogP contribution in [0.15, 0.2) is 42.7 Å². The zero-order valence-electron chi connectivity index (χ0n) is 10.9. The van der Waals surface area contributed by atoms with Crippen LogP contribution in [0.5, 0.6) is 5.75 Å². The maximum atomic E-state index is 11.5. The molecule has 0 radical (unpaired) electrons. The van der Waals surface area contributed by atoms with Crippen molar-refractivity contribution in [3.63, 3.8) is 0 Å². The molecule has 6 nitrogen and oxygen atoms in total. The molecule has 0 spiro atoms. The van der Waals surface area contributed by atoms with Gasteiger partial charge in [-0.1, -0.05) is 0 Å². The van der Waals surface area contributed by atoms with Gasteiger partial charge in [0.05, 0.1) is 0 Å². The van der Waals surface area contributed by atoms with Crippen molar-refractivity contribution in [2.75, 3.05) is 19.4 Å². The molecular formula is C13H16N4O2. The quantitative estimate of drug-likeness (QED) is 0.914. The fraction of sp³-hybridized carbons (Fsp3) is 0.231. The van der Waals surface area contributed by atoms with Gasteiger partial charge in [0, 0.05) is 32.2 Å². The summed E-state index contributed by atoms with van der Waals surface area (Å²) in [6.45, 7) is 0.358. The Morgan fingerprint density at radius 1 is 1.37 bits per heavy atom. The summed E-state index contributed by atoms with van der Waals surface area (Å²) in [6, 6.07) is 8.86. The number of nitrogens with one attached hydrogen (secondary N) is 1. The van der Waals surface area contributed by atoms with E-state index < -0.39 is 0 Å². The number of ether oxygens (including phenoxy) is 1. The Kier molecular flexibility index (Phi) is 4.02. The topological polar surface area (TPSA) is 59.4 Å². The zero-order valence-corrected chi connectivity index (χ0v) is 10.9. The van der Waals surface area contributed by atoms with E-state index in [1.165, 1.54) is 4.90 Å². The van der Waals surface area contributed by atoms with Crippen LogP contribution in [0.1, 0.15) is 0 Å². The number of carbonyl (C=O) groups excluding carboxylic acids is 1. The van der Waals surface area contributed by atoms with E-state index in [9.17, 15) is 4.79 Å². The first kappa shape index (κ1) is 12.9. The van der Waals surface area contributed by atoms with Crippen molar-refractivity contribution in [2.24, 2.45) is 0 Å². The Balaban J connectivity index is 1.89. The van der Waals surface area contributed by atoms with Crippen LogP contribution in [0.25, 0.3) is 0 Å². The van der Waals surface area contributed by atoms with Gasteiger partial charge in [0.2, 0.25) is 0 Å². The van der Waals surface area contributed by atoms with Crippen molar-refractivity contribution in [3.05, 3.63) is 42.7 Å². The molecule has 1 N–H and O–H groups in total. The summed E-state index contributed by atoms with van der Waals surface area (Å²) >= 11 is 0. The zero-order chi connectivity index (χ0) is 13.7. The third-order valence-electron chi connectivity index (χ3n) is 2.43. The van der Waals surface area contributed by atoms with E-state index in [0.717, 1.165) is 11.4 Å². The van der Waals surface area contributed by atoms with Gasteiger partial charge in [0.25, 0.3) is 0 Å². The predicted octanol–water partition coefficient (Wildman–Crippen LogP) is 2.01. The molecule has 100 valence electrons. The van der Waals surface area contributed by atoms with Crippen molar-refractivity contribution in [1.29, 1.82) is 0 Å². The molecule has 0 unspecified atom stereocenters. The number of hydrogen-bond donors (Lipinski definition) is 1. The molecule has 2 rings (SSSR count). The number of hydrogen-bond acceptors (Lipinski definition) is 3. The van der Waals surface area contributed by atoms with Crippen molar-refractivity contribution in [1.82, 2.24) is 14.7 Å². The third-order valence-corrected chi connectivity index (χ3v) is 2.43. The highest BCUT2D eigenvalue weighted by molar-refractivity contribution is 5.88. The summed E-state index contributed by atoms with van der Waals surface area (Å²) in [4.78, 5) is 12.9. The SMILES string of the molecule is CN(C)C(=O)Nc1ccc(OCn2cccn2)cc1. The number of anilines is 1. The molecule has 19 heavy (non-hydrogen) atoms. The van der Waals surface area contributed by atoms with E-state index in [1.807, 2.05) is 12.3 Å². The van der Waals surface area contributed by atoms with E-state index in [0.29, 0.717) is 6.73 Å². The van der Waals surface area contributed by atoms with Gasteiger partial charge in [0.1, 0.15) is 5.75 Å². The first-order chi connectivity index (χ1) is 9.15. The molecule has 0 atom stereocenters. The fourth-order valence-electron chi connectivity index (χ4n) is 1.39. The fourth-order valence-corrected chi connectivity index (χ4v) is 1.39. The van der Waals surface area contributed by atoms with E-state index in [2.05, 4.69) is 10.4 Å². The standard InChI is InChI=1S/C13H16N4O2/c1-16(2)13(18)15-11-4-6-12(7-5-11)19-10-17-9-3-8-14-17/h3-9H,10H2,1-2H3,(H,15,18). The van der Waals surface area contributed by atoms with Crippen molar-refractivity contribution in [2.45, 2.75) is 6.73 Å². The minimum absolute atomic E-state index is 0.162. The lowest BCUT2D eigenvalue weighted by Crippen LogP contribution is -2.27. The van der Waals surface area contributed by atoms with Gasteiger partial charge in [-0.3, -0.25) is 0 Å². The summed E-state index contributed by atoms with van der Waals surface area (Å²) in [6.07, 6.45) is 3.52. The molecule has 0 aliphatic heterocycles. The van der Waals surface area contributed by atoms with Gasteiger partial charge in [0.15, 0.2) is 6.73 Å². The average Bonchev–Trinajstić information content (AvgIpc) is 2.91. The Labute approximate surface area is 111 Å². The van der Waals surface area contributed by atoms with Crippen molar-refractivity contribution < 1.29 is 9.53 Å². The molecule has 6 heteroatoms. The lowest BCUT2D eigenvalue weighted by Gasteiger charge is -2.12. The van der Waals surface area contributed by atoms with Gasteiger partial charge in [-0.25, -0.2) is 9.48 Å². The lowest BCUT2D eigenvalue weighted by molar-refractivity contribution is 0.221. The van der Waals surface area contributed by atoms with Gasteiger partial charge < -0.3 is 15.0 Å². The molecule has 0 aliphatic carbocycles. The van der Waals surface area contributed by atoms with Crippen LogP contribution in [0.2, 0.25) is 0 Å². The molecule has 1 aromatic heterocycles. The van der Waals surface area contributed by atoms with Gasteiger partial charge >= 0.3 is 6.03 Å². The number of nitrogens with zero attached hydrogens (tertiary/aromatic N) is 3. The van der Waals surface area contributed by atoms with Crippen LogP contribution < -0.4 is 10.1 Å². The highest BCUT2D eigenvalue weighted by atomic mass is 16.5. The molecule has 0 aliphatic rings. The maximum Gasteiger partial charge on any atom is 0.321 e. The van der Waals surface area contributed by atoms with E-state index in [4.69, 9.17) is 4.74 Å². The van der Waals surface area contributed by atoms with Crippen molar-refractivity contribution in [3.8, 4) is 5.75 Å². The van der Waals surface area contributed by atoms with Crippen LogP contribution in [0.4, 0.5) is 10.5 Å². The number of rotatable bonds is 4.